The summed E-state index contributed by atoms with van der Waals surface area (Å²) in [6, 6.07) is 0.117. The van der Waals surface area contributed by atoms with E-state index in [4.69, 9.17) is 5.84 Å². The molecule has 2 unspecified atom stereocenters. The Morgan fingerprint density at radius 2 is 2.31 bits per heavy atom. The number of hydrazine groups is 1. The molecular weight excluding hydrogens is 200 g/mol. The molecule has 1 saturated carbocycles. The van der Waals surface area contributed by atoms with E-state index in [9.17, 15) is 0 Å². The second-order valence-corrected chi connectivity index (χ2v) is 5.26. The third kappa shape index (κ3) is 2.08. The lowest BCUT2D eigenvalue weighted by molar-refractivity contribution is 0.195. The molecule has 1 fully saturated rings. The smallest absolute Gasteiger partial charge is 0.0772 e. The van der Waals surface area contributed by atoms with Crippen molar-refractivity contribution in [2.75, 3.05) is 0 Å². The number of nitrogens with two attached hydrogens (primary N) is 1. The third-order valence-corrected chi connectivity index (χ3v) is 3.82. The van der Waals surface area contributed by atoms with Crippen LogP contribution in [0, 0.1) is 11.3 Å². The summed E-state index contributed by atoms with van der Waals surface area (Å²) < 4.78 is 0. The molecule has 4 heteroatoms. The molecule has 0 aliphatic heterocycles. The van der Waals surface area contributed by atoms with Gasteiger partial charge in [0.2, 0.25) is 0 Å². The van der Waals surface area contributed by atoms with Crippen molar-refractivity contribution in [3.05, 3.63) is 24.3 Å². The van der Waals surface area contributed by atoms with E-state index in [1.165, 1.54) is 19.3 Å². The van der Waals surface area contributed by atoms with Crippen LogP contribution in [0.1, 0.15) is 44.8 Å². The number of nitrogens with zero attached hydrogens (tertiary/aromatic N) is 2. The van der Waals surface area contributed by atoms with Gasteiger partial charge in [-0.15, -0.1) is 0 Å². The van der Waals surface area contributed by atoms with E-state index < -0.39 is 0 Å². The number of nitrogens with one attached hydrogen (secondary N) is 1. The van der Waals surface area contributed by atoms with Gasteiger partial charge in [0.25, 0.3) is 0 Å². The van der Waals surface area contributed by atoms with Crippen molar-refractivity contribution in [3.63, 3.8) is 0 Å². The average Bonchev–Trinajstić information content (AvgIpc) is 2.62. The largest absolute Gasteiger partial charge is 0.271 e. The predicted molar refractivity (Wildman–Crippen MR) is 63.2 cm³/mol. The van der Waals surface area contributed by atoms with Gasteiger partial charge in [-0.3, -0.25) is 21.2 Å². The Bertz CT molecular complexity index is 336. The van der Waals surface area contributed by atoms with Crippen molar-refractivity contribution in [1.29, 1.82) is 0 Å². The van der Waals surface area contributed by atoms with E-state index in [-0.39, 0.29) is 6.04 Å². The highest BCUT2D eigenvalue weighted by molar-refractivity contribution is 5.07. The van der Waals surface area contributed by atoms with Crippen molar-refractivity contribution in [2.45, 2.75) is 39.2 Å². The summed E-state index contributed by atoms with van der Waals surface area (Å²) in [5, 5.41) is 0. The summed E-state index contributed by atoms with van der Waals surface area (Å²) in [7, 11) is 0. The van der Waals surface area contributed by atoms with Crippen molar-refractivity contribution in [3.8, 4) is 0 Å². The highest BCUT2D eigenvalue weighted by atomic mass is 15.2. The van der Waals surface area contributed by atoms with Gasteiger partial charge in [0.1, 0.15) is 0 Å². The molecule has 16 heavy (non-hydrogen) atoms. The summed E-state index contributed by atoms with van der Waals surface area (Å²) in [6.45, 7) is 4.62. The molecule has 88 valence electrons. The van der Waals surface area contributed by atoms with Crippen LogP contribution in [0.4, 0.5) is 0 Å². The monoisotopic (exact) mass is 220 g/mol. The molecule has 2 rings (SSSR count). The van der Waals surface area contributed by atoms with Crippen molar-refractivity contribution in [2.24, 2.45) is 17.2 Å². The van der Waals surface area contributed by atoms with Crippen LogP contribution in [0.3, 0.4) is 0 Å². The number of hydrogen-bond acceptors (Lipinski definition) is 4. The first-order valence-corrected chi connectivity index (χ1v) is 5.87. The van der Waals surface area contributed by atoms with Gasteiger partial charge >= 0.3 is 0 Å². The molecule has 4 nitrogen and oxygen atoms in total. The van der Waals surface area contributed by atoms with Crippen LogP contribution in [-0.2, 0) is 0 Å². The Hall–Kier alpha value is -1.00. The molecule has 1 aliphatic carbocycles. The first-order chi connectivity index (χ1) is 7.65. The summed E-state index contributed by atoms with van der Waals surface area (Å²) >= 11 is 0. The topological polar surface area (TPSA) is 63.8 Å². The lowest BCUT2D eigenvalue weighted by atomic mass is 9.77. The molecule has 3 N–H and O–H groups in total. The van der Waals surface area contributed by atoms with E-state index in [0.717, 1.165) is 5.69 Å². The lowest BCUT2D eigenvalue weighted by Crippen LogP contribution is -2.38. The van der Waals surface area contributed by atoms with E-state index in [1.807, 2.05) is 0 Å². The zero-order valence-electron chi connectivity index (χ0n) is 9.98. The van der Waals surface area contributed by atoms with Crippen molar-refractivity contribution >= 4 is 0 Å². The normalized spacial score (nSPS) is 25.6. The number of hydrogen-bond donors (Lipinski definition) is 2. The van der Waals surface area contributed by atoms with Gasteiger partial charge in [0, 0.05) is 12.4 Å². The molecule has 0 bridgehead atoms. The second kappa shape index (κ2) is 4.47. The van der Waals surface area contributed by atoms with Crippen LogP contribution in [-0.4, -0.2) is 9.97 Å². The molecule has 0 saturated heterocycles. The van der Waals surface area contributed by atoms with Crippen molar-refractivity contribution < 1.29 is 0 Å². The van der Waals surface area contributed by atoms with Gasteiger partial charge in [0.15, 0.2) is 0 Å². The number of aromatic nitrogens is 2. The quantitative estimate of drug-likeness (QED) is 0.602. The maximum Gasteiger partial charge on any atom is 0.0772 e. The molecule has 0 spiro atoms. The minimum atomic E-state index is 0.117. The summed E-state index contributed by atoms with van der Waals surface area (Å²) in [6.07, 6.45) is 8.96. The lowest BCUT2D eigenvalue weighted by Gasteiger charge is -2.33. The first kappa shape index (κ1) is 11.5. The third-order valence-electron chi connectivity index (χ3n) is 3.82. The first-order valence-electron chi connectivity index (χ1n) is 5.87. The molecule has 1 aliphatic rings. The Labute approximate surface area is 96.6 Å². The predicted octanol–water partition coefficient (Wildman–Crippen LogP) is 1.81. The molecule has 0 amide bonds. The second-order valence-electron chi connectivity index (χ2n) is 5.26. The molecule has 1 heterocycles. The van der Waals surface area contributed by atoms with Crippen LogP contribution < -0.4 is 11.3 Å². The highest BCUT2D eigenvalue weighted by Gasteiger charge is 2.40. The summed E-state index contributed by atoms with van der Waals surface area (Å²) in [5.41, 5.74) is 4.19. The fourth-order valence-electron chi connectivity index (χ4n) is 2.85. The molecular formula is C12H20N4. The maximum atomic E-state index is 5.69. The average molecular weight is 220 g/mol. The van der Waals surface area contributed by atoms with E-state index >= 15 is 0 Å². The fourth-order valence-corrected chi connectivity index (χ4v) is 2.85. The Balaban J connectivity index is 2.23. The maximum absolute atomic E-state index is 5.69. The van der Waals surface area contributed by atoms with Crippen LogP contribution in [0.25, 0.3) is 0 Å². The summed E-state index contributed by atoms with van der Waals surface area (Å²) in [4.78, 5) is 8.47. The fraction of sp³-hybridized carbons (Fsp3) is 0.667. The highest BCUT2D eigenvalue weighted by Crippen LogP contribution is 2.47. The van der Waals surface area contributed by atoms with Crippen LogP contribution in [0.5, 0.6) is 0 Å². The minimum absolute atomic E-state index is 0.117. The molecule has 0 radical (unpaired) electrons. The van der Waals surface area contributed by atoms with E-state index in [2.05, 4.69) is 29.2 Å². The minimum Gasteiger partial charge on any atom is -0.271 e. The van der Waals surface area contributed by atoms with Crippen LogP contribution >= 0.6 is 0 Å². The standard InChI is InChI=1S/C12H20N4/c1-12(2)5-3-4-9(12)11(16-13)10-8-14-6-7-15-10/h6-9,11,16H,3-5,13H2,1-2H3. The van der Waals surface area contributed by atoms with E-state index in [1.54, 1.807) is 18.6 Å². The Morgan fingerprint density at radius 3 is 2.81 bits per heavy atom. The van der Waals surface area contributed by atoms with Crippen LogP contribution in [0.15, 0.2) is 18.6 Å². The molecule has 1 aromatic heterocycles. The SMILES string of the molecule is CC1(C)CCCC1C(NN)c1cnccn1. The molecule has 1 aromatic rings. The van der Waals surface area contributed by atoms with E-state index in [0.29, 0.717) is 11.3 Å². The zero-order chi connectivity index (χ0) is 11.6. The molecule has 2 atom stereocenters. The van der Waals surface area contributed by atoms with Gasteiger partial charge in [-0.05, 0) is 24.2 Å². The number of rotatable bonds is 3. The van der Waals surface area contributed by atoms with Gasteiger partial charge in [-0.25, -0.2) is 0 Å². The Morgan fingerprint density at radius 1 is 1.50 bits per heavy atom. The van der Waals surface area contributed by atoms with Crippen molar-refractivity contribution in [1.82, 2.24) is 15.4 Å². The van der Waals surface area contributed by atoms with Crippen LogP contribution in [0.2, 0.25) is 0 Å². The van der Waals surface area contributed by atoms with Gasteiger partial charge in [-0.1, -0.05) is 20.3 Å². The Kier molecular flexibility index (Phi) is 3.21. The summed E-state index contributed by atoms with van der Waals surface area (Å²) in [5.74, 6) is 6.22. The molecule has 0 aromatic carbocycles. The zero-order valence-corrected chi connectivity index (χ0v) is 9.98. The van der Waals surface area contributed by atoms with Gasteiger partial charge < -0.3 is 0 Å². The van der Waals surface area contributed by atoms with Gasteiger partial charge in [0.05, 0.1) is 17.9 Å². The van der Waals surface area contributed by atoms with Gasteiger partial charge in [-0.2, -0.15) is 0 Å².